The molecule has 0 spiro atoms. The number of ether oxygens (including phenoxy) is 1. The van der Waals surface area contributed by atoms with Crippen LogP contribution in [0.5, 0.6) is 5.75 Å². The Morgan fingerprint density at radius 1 is 0.926 bits per heavy atom. The molecule has 0 unspecified atom stereocenters. The third kappa shape index (κ3) is 6.46. The van der Waals surface area contributed by atoms with Crippen LogP contribution < -0.4 is 4.74 Å². The van der Waals surface area contributed by atoms with E-state index in [-0.39, 0.29) is 37.0 Å². The van der Waals surface area contributed by atoms with E-state index >= 15 is 0 Å². The van der Waals surface area contributed by atoms with Crippen molar-refractivity contribution < 1.29 is 30.9 Å². The zero-order valence-electron chi connectivity index (χ0n) is 17.9. The Kier molecular flexibility index (Phi) is 8.74. The summed E-state index contributed by atoms with van der Waals surface area (Å²) in [6.07, 6.45) is 18.6. The molecule has 1 aromatic carbocycles. The van der Waals surface area contributed by atoms with Crippen molar-refractivity contribution in [2.24, 2.45) is 0 Å². The van der Waals surface area contributed by atoms with Gasteiger partial charge < -0.3 is 4.74 Å². The molecule has 0 radical (unpaired) electrons. The number of methoxy groups -OCH3 is 1. The van der Waals surface area contributed by atoms with E-state index in [0.29, 0.717) is 0 Å². The minimum atomic E-state index is 0. The van der Waals surface area contributed by atoms with Gasteiger partial charge in [0.15, 0.2) is 0 Å². The number of hydrogen-bond donors (Lipinski definition) is 0. The summed E-state index contributed by atoms with van der Waals surface area (Å²) in [5.41, 5.74) is 5.10. The normalized spacial score (nSPS) is 15.1. The van der Waals surface area contributed by atoms with E-state index in [2.05, 4.69) is 84.1 Å². The van der Waals surface area contributed by atoms with Gasteiger partial charge in [0, 0.05) is 0 Å². The summed E-state index contributed by atoms with van der Waals surface area (Å²) >= 11 is 0. The van der Waals surface area contributed by atoms with Crippen LogP contribution in [0.3, 0.4) is 0 Å². The number of rotatable bonds is 2. The van der Waals surface area contributed by atoms with Gasteiger partial charge in [-0.15, -0.1) is 18.6 Å². The summed E-state index contributed by atoms with van der Waals surface area (Å²) in [4.78, 5) is 0. The van der Waals surface area contributed by atoms with Crippen molar-refractivity contribution in [1.29, 1.82) is 0 Å². The third-order valence-electron chi connectivity index (χ3n) is 4.54. The van der Waals surface area contributed by atoms with Gasteiger partial charge in [0.1, 0.15) is 0 Å². The van der Waals surface area contributed by atoms with E-state index in [9.17, 15) is 0 Å². The van der Waals surface area contributed by atoms with E-state index in [0.717, 1.165) is 24.2 Å². The average molecular weight is 440 g/mol. The van der Waals surface area contributed by atoms with Crippen LogP contribution in [0.2, 0.25) is 0 Å². The molecule has 0 N–H and O–H groups in total. The molecule has 0 heterocycles. The van der Waals surface area contributed by atoms with E-state index in [1.54, 1.807) is 7.11 Å². The molecular weight excluding hydrogens is 407 g/mol. The first-order chi connectivity index (χ1) is 12.1. The molecule has 2 heteroatoms. The second-order valence-electron chi connectivity index (χ2n) is 8.80. The van der Waals surface area contributed by atoms with Gasteiger partial charge in [-0.2, -0.15) is 23.8 Å². The van der Waals surface area contributed by atoms with E-state index < -0.39 is 0 Å². The fraction of sp³-hybridized carbons (Fsp3) is 0.440. The molecule has 142 valence electrons. The first-order valence-electron chi connectivity index (χ1n) is 9.37. The molecule has 1 aromatic rings. The molecule has 0 saturated carbocycles. The van der Waals surface area contributed by atoms with Crippen LogP contribution in [0.15, 0.2) is 42.5 Å². The molecule has 2 aliphatic carbocycles. The molecule has 3 rings (SSSR count). The van der Waals surface area contributed by atoms with Crippen molar-refractivity contribution in [1.82, 2.24) is 0 Å². The van der Waals surface area contributed by atoms with Crippen molar-refractivity contribution in [2.75, 3.05) is 7.11 Å². The monoisotopic (exact) mass is 438 g/mol. The topological polar surface area (TPSA) is 9.23 Å². The second kappa shape index (κ2) is 9.88. The van der Waals surface area contributed by atoms with E-state index in [1.807, 2.05) is 12.2 Å². The fourth-order valence-corrected chi connectivity index (χ4v) is 2.97. The quantitative estimate of drug-likeness (QED) is 0.464. The maximum atomic E-state index is 5.79. The van der Waals surface area contributed by atoms with Crippen molar-refractivity contribution in [3.05, 3.63) is 71.4 Å². The van der Waals surface area contributed by atoms with Gasteiger partial charge in [-0.25, -0.2) is 12.2 Å². The predicted molar refractivity (Wildman–Crippen MR) is 112 cm³/mol. The summed E-state index contributed by atoms with van der Waals surface area (Å²) in [6.45, 7) is 13.5. The van der Waals surface area contributed by atoms with Crippen LogP contribution in [-0.4, -0.2) is 7.11 Å². The van der Waals surface area contributed by atoms with Crippen molar-refractivity contribution >= 4 is 5.57 Å². The number of allylic oxidation sites excluding steroid dienone is 8. The standard InChI is InChI=1S/C20H27O.C5H5.Zr/c1-19(2,3)15-12-16(14-10-8-9-11-14)18(21-7)17(13-15)20(4,5)6;1-2-4-5-3-1;/h8,10,12-13H,9H2,1-7H3;1-3H,4H2;/q2*-1;+2. The first kappa shape index (κ1) is 23.9. The molecule has 27 heavy (non-hydrogen) atoms. The number of benzene rings is 1. The summed E-state index contributed by atoms with van der Waals surface area (Å²) in [7, 11) is 1.77. The minimum absolute atomic E-state index is 0. The molecular formula is C25H32OZr. The van der Waals surface area contributed by atoms with E-state index in [4.69, 9.17) is 4.74 Å². The minimum Gasteiger partial charge on any atom is -0.509 e. The Hall–Kier alpha value is -1.14. The Morgan fingerprint density at radius 2 is 1.63 bits per heavy atom. The largest absolute Gasteiger partial charge is 2.00 e. The van der Waals surface area contributed by atoms with Crippen LogP contribution in [0.25, 0.3) is 5.57 Å². The summed E-state index contributed by atoms with van der Waals surface area (Å²) in [6, 6.07) is 4.58. The number of hydrogen-bond acceptors (Lipinski definition) is 1. The SMILES string of the molecule is COc1c(C2=[C-]CC=C2)cc(C(C)(C)C)cc1C(C)(C)C.[C-]1=CC=CC1.[Zr+2]. The Bertz CT molecular complexity index is 740. The van der Waals surface area contributed by atoms with Gasteiger partial charge in [0.25, 0.3) is 0 Å². The van der Waals surface area contributed by atoms with Gasteiger partial charge in [0.05, 0.1) is 12.9 Å². The molecule has 0 atom stereocenters. The van der Waals surface area contributed by atoms with Gasteiger partial charge in [-0.05, 0) is 16.4 Å². The van der Waals surface area contributed by atoms with Crippen LogP contribution in [0.4, 0.5) is 0 Å². The summed E-state index contributed by atoms with van der Waals surface area (Å²) in [5, 5.41) is 0. The first-order valence-corrected chi connectivity index (χ1v) is 9.37. The van der Waals surface area contributed by atoms with Crippen molar-refractivity contribution in [2.45, 2.75) is 65.2 Å². The molecule has 1 nitrogen and oxygen atoms in total. The molecule has 0 aromatic heterocycles. The Labute approximate surface area is 185 Å². The Morgan fingerprint density at radius 3 is 2.00 bits per heavy atom. The summed E-state index contributed by atoms with van der Waals surface area (Å²) < 4.78 is 5.79. The molecule has 0 fully saturated rings. The predicted octanol–water partition coefficient (Wildman–Crippen LogP) is 6.74. The average Bonchev–Trinajstić information content (AvgIpc) is 3.27. The van der Waals surface area contributed by atoms with Crippen LogP contribution in [0.1, 0.15) is 71.1 Å². The van der Waals surface area contributed by atoms with Crippen LogP contribution in [0, 0.1) is 12.2 Å². The van der Waals surface area contributed by atoms with Gasteiger partial charge >= 0.3 is 26.2 Å². The van der Waals surface area contributed by atoms with Crippen LogP contribution in [-0.2, 0) is 37.0 Å². The zero-order chi connectivity index (χ0) is 19.4. The summed E-state index contributed by atoms with van der Waals surface area (Å²) in [5.74, 6) is 0.990. The van der Waals surface area contributed by atoms with Crippen LogP contribution >= 0.6 is 0 Å². The van der Waals surface area contributed by atoms with Gasteiger partial charge in [-0.3, -0.25) is 6.08 Å². The molecule has 0 bridgehead atoms. The second-order valence-corrected chi connectivity index (χ2v) is 8.80. The maximum Gasteiger partial charge on any atom is 2.00 e. The smallest absolute Gasteiger partial charge is 0.509 e. The maximum absolute atomic E-state index is 5.79. The molecule has 0 saturated heterocycles. The molecule has 0 amide bonds. The van der Waals surface area contributed by atoms with Gasteiger partial charge in [0.2, 0.25) is 0 Å². The molecule has 2 aliphatic rings. The molecule has 0 aliphatic heterocycles. The Balaban J connectivity index is 0.000000526. The fourth-order valence-electron chi connectivity index (χ4n) is 2.97. The third-order valence-corrected chi connectivity index (χ3v) is 4.54. The van der Waals surface area contributed by atoms with Gasteiger partial charge in [-0.1, -0.05) is 65.2 Å². The van der Waals surface area contributed by atoms with E-state index in [1.165, 1.54) is 16.7 Å². The van der Waals surface area contributed by atoms with Crippen molar-refractivity contribution in [3.8, 4) is 5.75 Å². The van der Waals surface area contributed by atoms with Crippen molar-refractivity contribution in [3.63, 3.8) is 0 Å². The zero-order valence-corrected chi connectivity index (χ0v) is 20.3.